The Morgan fingerprint density at radius 3 is 2.32 bits per heavy atom. The lowest BCUT2D eigenvalue weighted by atomic mass is 10.1. The first kappa shape index (κ1) is 20.8. The van der Waals surface area contributed by atoms with Crippen LogP contribution in [0.4, 0.5) is 0 Å². The minimum absolute atomic E-state index is 0.0847. The molecule has 0 saturated carbocycles. The number of piperazine rings is 1. The number of aliphatic hydroxyl groups is 1. The third kappa shape index (κ3) is 5.80. The molecule has 0 bridgehead atoms. The van der Waals surface area contributed by atoms with Gasteiger partial charge in [-0.1, -0.05) is 35.0 Å². The van der Waals surface area contributed by atoms with Gasteiger partial charge in [0.15, 0.2) is 0 Å². The smallest absolute Gasteiger partial charge is 0.253 e. The van der Waals surface area contributed by atoms with Gasteiger partial charge in [-0.05, 0) is 48.4 Å². The van der Waals surface area contributed by atoms with Gasteiger partial charge in [0, 0.05) is 42.8 Å². The number of amides is 1. The zero-order chi connectivity index (χ0) is 19.9. The molecular formula is C22H27BrN2O3. The van der Waals surface area contributed by atoms with Crippen LogP contribution in [0, 0.1) is 0 Å². The van der Waals surface area contributed by atoms with E-state index >= 15 is 0 Å². The van der Waals surface area contributed by atoms with Gasteiger partial charge in [-0.25, -0.2) is 0 Å². The van der Waals surface area contributed by atoms with E-state index in [0.717, 1.165) is 35.3 Å². The Morgan fingerprint density at radius 2 is 1.71 bits per heavy atom. The molecule has 1 fully saturated rings. The van der Waals surface area contributed by atoms with E-state index in [4.69, 9.17) is 4.74 Å². The van der Waals surface area contributed by atoms with Crippen LogP contribution in [-0.2, 0) is 6.42 Å². The molecule has 3 rings (SSSR count). The molecule has 1 heterocycles. The number of benzene rings is 2. The molecule has 2 aromatic carbocycles. The largest absolute Gasteiger partial charge is 0.491 e. The minimum atomic E-state index is -0.563. The number of β-amino-alcohol motifs (C(OH)–C–C–N with tert-alkyl or cyclic N) is 1. The van der Waals surface area contributed by atoms with Crippen molar-refractivity contribution >= 4 is 21.8 Å². The zero-order valence-electron chi connectivity index (χ0n) is 16.2. The maximum Gasteiger partial charge on any atom is 0.253 e. The maximum atomic E-state index is 12.6. The van der Waals surface area contributed by atoms with E-state index in [1.54, 1.807) is 0 Å². The summed E-state index contributed by atoms with van der Waals surface area (Å²) in [7, 11) is 0. The van der Waals surface area contributed by atoms with Crippen molar-refractivity contribution in [1.29, 1.82) is 0 Å². The van der Waals surface area contributed by atoms with Gasteiger partial charge >= 0.3 is 0 Å². The molecule has 1 saturated heterocycles. The molecule has 150 valence electrons. The normalized spacial score (nSPS) is 16.0. The number of rotatable bonds is 7. The van der Waals surface area contributed by atoms with Crippen LogP contribution in [0.2, 0.25) is 0 Å². The highest BCUT2D eigenvalue weighted by Gasteiger charge is 2.23. The van der Waals surface area contributed by atoms with Crippen LogP contribution in [0.1, 0.15) is 22.8 Å². The lowest BCUT2D eigenvalue weighted by Crippen LogP contribution is -2.50. The molecule has 1 aliphatic heterocycles. The average Bonchev–Trinajstić information content (AvgIpc) is 2.73. The fraction of sp³-hybridized carbons (Fsp3) is 0.409. The Balaban J connectivity index is 1.41. The molecule has 1 N–H and O–H groups in total. The molecule has 1 unspecified atom stereocenters. The molecule has 1 aliphatic rings. The van der Waals surface area contributed by atoms with Crippen LogP contribution in [0.25, 0.3) is 0 Å². The van der Waals surface area contributed by atoms with Crippen molar-refractivity contribution in [3.8, 4) is 5.75 Å². The summed E-state index contributed by atoms with van der Waals surface area (Å²) in [5.41, 5.74) is 1.98. The second kappa shape index (κ2) is 10.0. The molecule has 1 amide bonds. The zero-order valence-corrected chi connectivity index (χ0v) is 17.8. The fourth-order valence-electron chi connectivity index (χ4n) is 3.27. The third-order valence-electron chi connectivity index (χ3n) is 4.99. The van der Waals surface area contributed by atoms with Crippen LogP contribution in [-0.4, -0.2) is 66.2 Å². The fourth-order valence-corrected chi connectivity index (χ4v) is 3.54. The number of ether oxygens (including phenoxy) is 1. The number of hydrogen-bond acceptors (Lipinski definition) is 4. The molecule has 0 aliphatic carbocycles. The molecule has 28 heavy (non-hydrogen) atoms. The van der Waals surface area contributed by atoms with E-state index in [1.807, 2.05) is 53.4 Å². The molecule has 6 heteroatoms. The predicted octanol–water partition coefficient (Wildman–Crippen LogP) is 3.21. The second-order valence-corrected chi connectivity index (χ2v) is 7.98. The number of hydrogen-bond donors (Lipinski definition) is 1. The Bertz CT molecular complexity index is 756. The highest BCUT2D eigenvalue weighted by Crippen LogP contribution is 2.16. The van der Waals surface area contributed by atoms with E-state index in [9.17, 15) is 9.90 Å². The van der Waals surface area contributed by atoms with Crippen LogP contribution < -0.4 is 4.74 Å². The Kier molecular flexibility index (Phi) is 7.48. The first-order valence-corrected chi connectivity index (χ1v) is 10.5. The van der Waals surface area contributed by atoms with Crippen LogP contribution in [0.5, 0.6) is 5.75 Å². The number of halogens is 1. The highest BCUT2D eigenvalue weighted by molar-refractivity contribution is 9.10. The first-order chi connectivity index (χ1) is 13.5. The van der Waals surface area contributed by atoms with E-state index < -0.39 is 6.10 Å². The standard InChI is InChI=1S/C22H27BrN2O3/c1-2-17-3-5-18(6-4-17)22(27)25-13-11-24(12-14-25)15-20(26)16-28-21-9-7-19(23)8-10-21/h3-10,20,26H,2,11-16H2,1H3. The Hall–Kier alpha value is -1.89. The molecule has 0 radical (unpaired) electrons. The molecular weight excluding hydrogens is 420 g/mol. The summed E-state index contributed by atoms with van der Waals surface area (Å²) in [4.78, 5) is 16.7. The lowest BCUT2D eigenvalue weighted by Gasteiger charge is -2.35. The SMILES string of the molecule is CCc1ccc(C(=O)N2CCN(CC(O)COc3ccc(Br)cc3)CC2)cc1. The third-order valence-corrected chi connectivity index (χ3v) is 5.52. The molecule has 5 nitrogen and oxygen atoms in total. The molecule has 1 atom stereocenters. The monoisotopic (exact) mass is 446 g/mol. The van der Waals surface area contributed by atoms with Crippen molar-refractivity contribution in [1.82, 2.24) is 9.80 Å². The van der Waals surface area contributed by atoms with Gasteiger partial charge < -0.3 is 14.7 Å². The van der Waals surface area contributed by atoms with Gasteiger partial charge in [0.25, 0.3) is 5.91 Å². The van der Waals surface area contributed by atoms with Gasteiger partial charge in [0.05, 0.1) is 0 Å². The van der Waals surface area contributed by atoms with E-state index in [2.05, 4.69) is 27.8 Å². The quantitative estimate of drug-likeness (QED) is 0.709. The van der Waals surface area contributed by atoms with E-state index in [-0.39, 0.29) is 12.5 Å². The van der Waals surface area contributed by atoms with Crippen LogP contribution in [0.15, 0.2) is 53.0 Å². The van der Waals surface area contributed by atoms with Gasteiger partial charge in [0.2, 0.25) is 0 Å². The van der Waals surface area contributed by atoms with Crippen molar-refractivity contribution < 1.29 is 14.6 Å². The van der Waals surface area contributed by atoms with Crippen molar-refractivity contribution in [3.63, 3.8) is 0 Å². The van der Waals surface area contributed by atoms with Crippen LogP contribution >= 0.6 is 15.9 Å². The van der Waals surface area contributed by atoms with Gasteiger partial charge in [-0.2, -0.15) is 0 Å². The summed E-state index contributed by atoms with van der Waals surface area (Å²) in [5, 5.41) is 10.3. The molecule has 2 aromatic rings. The number of carbonyl (C=O) groups excluding carboxylic acids is 1. The van der Waals surface area contributed by atoms with Crippen molar-refractivity contribution in [2.75, 3.05) is 39.3 Å². The lowest BCUT2D eigenvalue weighted by molar-refractivity contribution is 0.0403. The van der Waals surface area contributed by atoms with Crippen molar-refractivity contribution in [2.45, 2.75) is 19.4 Å². The summed E-state index contributed by atoms with van der Waals surface area (Å²) >= 11 is 3.39. The average molecular weight is 447 g/mol. The van der Waals surface area contributed by atoms with Crippen molar-refractivity contribution in [3.05, 3.63) is 64.1 Å². The molecule has 0 aromatic heterocycles. The minimum Gasteiger partial charge on any atom is -0.491 e. The van der Waals surface area contributed by atoms with E-state index in [0.29, 0.717) is 19.6 Å². The predicted molar refractivity (Wildman–Crippen MR) is 114 cm³/mol. The summed E-state index contributed by atoms with van der Waals surface area (Å²) in [6.07, 6.45) is 0.411. The number of nitrogens with zero attached hydrogens (tertiary/aromatic N) is 2. The van der Waals surface area contributed by atoms with Gasteiger partial charge in [0.1, 0.15) is 18.5 Å². The number of carbonyl (C=O) groups is 1. The summed E-state index contributed by atoms with van der Waals surface area (Å²) < 4.78 is 6.63. The summed E-state index contributed by atoms with van der Waals surface area (Å²) in [6.45, 7) is 5.77. The maximum absolute atomic E-state index is 12.6. The second-order valence-electron chi connectivity index (χ2n) is 7.06. The summed E-state index contributed by atoms with van der Waals surface area (Å²) in [6, 6.07) is 15.4. The highest BCUT2D eigenvalue weighted by atomic mass is 79.9. The topological polar surface area (TPSA) is 53.0 Å². The Morgan fingerprint density at radius 1 is 1.07 bits per heavy atom. The first-order valence-electron chi connectivity index (χ1n) is 9.72. The van der Waals surface area contributed by atoms with Gasteiger partial charge in [-0.15, -0.1) is 0 Å². The van der Waals surface area contributed by atoms with Crippen molar-refractivity contribution in [2.24, 2.45) is 0 Å². The van der Waals surface area contributed by atoms with Gasteiger partial charge in [-0.3, -0.25) is 9.69 Å². The van der Waals surface area contributed by atoms with Crippen LogP contribution in [0.3, 0.4) is 0 Å². The number of aliphatic hydroxyl groups excluding tert-OH is 1. The summed E-state index contributed by atoms with van der Waals surface area (Å²) in [5.74, 6) is 0.827. The Labute approximate surface area is 175 Å². The molecule has 0 spiro atoms. The number of aryl methyl sites for hydroxylation is 1. The van der Waals surface area contributed by atoms with E-state index in [1.165, 1.54) is 5.56 Å².